The van der Waals surface area contributed by atoms with Crippen LogP contribution in [0.1, 0.15) is 79.6 Å². The average Bonchev–Trinajstić information content (AvgIpc) is 3.62. The first-order chi connectivity index (χ1) is 18.0. The van der Waals surface area contributed by atoms with Gasteiger partial charge in [0, 0.05) is 11.6 Å². The summed E-state index contributed by atoms with van der Waals surface area (Å²) in [6.45, 7) is 2.29. The Bertz CT molecular complexity index is 1010. The van der Waals surface area contributed by atoms with E-state index in [1.54, 1.807) is 0 Å². The maximum Gasteiger partial charge on any atom is 0.251 e. The van der Waals surface area contributed by atoms with Gasteiger partial charge in [0.05, 0.1) is 6.54 Å². The molecule has 2 amide bonds. The molecular formula is C29H39N3O5. The zero-order valence-electron chi connectivity index (χ0n) is 21.5. The molecule has 1 aromatic rings. The second-order valence-electron chi connectivity index (χ2n) is 11.8. The van der Waals surface area contributed by atoms with Crippen molar-refractivity contribution in [3.05, 3.63) is 35.4 Å². The van der Waals surface area contributed by atoms with Gasteiger partial charge in [0.1, 0.15) is 30.9 Å². The molecule has 0 aromatic heterocycles. The number of piperidine rings is 1. The lowest BCUT2D eigenvalue weighted by atomic mass is 9.85. The van der Waals surface area contributed by atoms with Crippen LogP contribution in [0.5, 0.6) is 0 Å². The highest BCUT2D eigenvalue weighted by Crippen LogP contribution is 2.34. The van der Waals surface area contributed by atoms with Gasteiger partial charge in [-0.05, 0) is 81.1 Å². The molecule has 2 aliphatic carbocycles. The van der Waals surface area contributed by atoms with Gasteiger partial charge in [-0.25, -0.2) is 0 Å². The van der Waals surface area contributed by atoms with Crippen LogP contribution < -0.4 is 5.32 Å². The van der Waals surface area contributed by atoms with E-state index in [1.165, 1.54) is 29.7 Å². The normalized spacial score (nSPS) is 30.4. The number of Topliss-reactive ketones (excluding diaryl/α,β-unsaturated/α-hetero) is 1. The number of aliphatic hydroxyl groups excluding tert-OH is 1. The Kier molecular flexibility index (Phi) is 7.07. The van der Waals surface area contributed by atoms with Crippen molar-refractivity contribution in [3.8, 4) is 0 Å². The fourth-order valence-electron chi connectivity index (χ4n) is 7.19. The molecule has 5 aliphatic rings. The van der Waals surface area contributed by atoms with Crippen LogP contribution in [-0.4, -0.2) is 89.1 Å². The van der Waals surface area contributed by atoms with Gasteiger partial charge >= 0.3 is 0 Å². The summed E-state index contributed by atoms with van der Waals surface area (Å²) in [5, 5.41) is 13.4. The Morgan fingerprint density at radius 2 is 1.68 bits per heavy atom. The van der Waals surface area contributed by atoms with Crippen molar-refractivity contribution < 1.29 is 24.2 Å². The first kappa shape index (κ1) is 25.0. The second-order valence-corrected chi connectivity index (χ2v) is 11.8. The number of nitrogens with zero attached hydrogens (tertiary/aromatic N) is 2. The number of hydrogen-bond acceptors (Lipinski definition) is 6. The molecule has 0 radical (unpaired) electrons. The number of likely N-dealkylation sites (tertiary alicyclic amines) is 2. The number of nitrogens with one attached hydrogen (secondary N) is 1. The number of ketones is 1. The van der Waals surface area contributed by atoms with Crippen LogP contribution in [0.15, 0.2) is 24.3 Å². The number of carbonyl (C=O) groups is 3. The summed E-state index contributed by atoms with van der Waals surface area (Å²) in [6.07, 6.45) is 8.62. The van der Waals surface area contributed by atoms with Gasteiger partial charge in [0.2, 0.25) is 5.91 Å². The molecule has 0 unspecified atom stereocenters. The van der Waals surface area contributed by atoms with Crippen molar-refractivity contribution >= 4 is 17.6 Å². The third kappa shape index (κ3) is 4.84. The number of aliphatic hydroxyl groups is 1. The van der Waals surface area contributed by atoms with Crippen LogP contribution in [0.2, 0.25) is 0 Å². The third-order valence-electron chi connectivity index (χ3n) is 9.63. The fraction of sp³-hybridized carbons (Fsp3) is 0.690. The highest BCUT2D eigenvalue weighted by Gasteiger charge is 2.53. The van der Waals surface area contributed by atoms with Crippen molar-refractivity contribution in [2.75, 3.05) is 26.2 Å². The molecule has 2 saturated carbocycles. The standard InChI is InChI=1S/C29H39N3O5/c33-23-16-32(26-24(34)17-37-27(23)26)29(36)25(20-4-1-2-5-20)30-28(35)21-10-8-18(9-11-21)19-12-14-31(15-13-19)22-6-3-7-22/h8-11,19-20,22-23,25-27,33H,1-7,12-17H2,(H,30,35)/t23-,25-,26+,27+/m0/s1. The topological polar surface area (TPSA) is 99.2 Å². The Balaban J connectivity index is 1.12. The van der Waals surface area contributed by atoms with Crippen LogP contribution in [0.4, 0.5) is 0 Å². The summed E-state index contributed by atoms with van der Waals surface area (Å²) in [4.78, 5) is 43.5. The van der Waals surface area contributed by atoms with E-state index >= 15 is 0 Å². The molecule has 200 valence electrons. The second kappa shape index (κ2) is 10.5. The minimum atomic E-state index is -0.881. The molecular weight excluding hydrogens is 470 g/mol. The molecule has 8 nitrogen and oxygen atoms in total. The van der Waals surface area contributed by atoms with E-state index in [4.69, 9.17) is 4.74 Å². The quantitative estimate of drug-likeness (QED) is 0.610. The van der Waals surface area contributed by atoms with E-state index in [1.807, 2.05) is 12.1 Å². The summed E-state index contributed by atoms with van der Waals surface area (Å²) in [6, 6.07) is 7.24. The Hall–Kier alpha value is -2.29. The number of amides is 2. The van der Waals surface area contributed by atoms with Gasteiger partial charge in [-0.3, -0.25) is 14.4 Å². The smallest absolute Gasteiger partial charge is 0.251 e. The van der Waals surface area contributed by atoms with Crippen molar-refractivity contribution in [2.45, 2.75) is 94.0 Å². The van der Waals surface area contributed by atoms with Crippen LogP contribution in [0.3, 0.4) is 0 Å². The summed E-state index contributed by atoms with van der Waals surface area (Å²) >= 11 is 0. The van der Waals surface area contributed by atoms with Crippen molar-refractivity contribution in [1.29, 1.82) is 0 Å². The lowest BCUT2D eigenvalue weighted by Gasteiger charge is -2.42. The zero-order valence-corrected chi connectivity index (χ0v) is 21.5. The predicted molar refractivity (Wildman–Crippen MR) is 137 cm³/mol. The summed E-state index contributed by atoms with van der Waals surface area (Å²) < 4.78 is 5.44. The molecule has 2 N–H and O–H groups in total. The van der Waals surface area contributed by atoms with Gasteiger partial charge in [0.25, 0.3) is 5.91 Å². The Labute approximate surface area is 218 Å². The molecule has 3 saturated heterocycles. The molecule has 1 aromatic carbocycles. The number of hydrogen-bond donors (Lipinski definition) is 2. The van der Waals surface area contributed by atoms with Gasteiger partial charge in [-0.15, -0.1) is 0 Å². The number of carbonyl (C=O) groups excluding carboxylic acids is 3. The average molecular weight is 510 g/mol. The molecule has 5 fully saturated rings. The van der Waals surface area contributed by atoms with Gasteiger partial charge < -0.3 is 25.0 Å². The molecule has 37 heavy (non-hydrogen) atoms. The third-order valence-corrected chi connectivity index (χ3v) is 9.63. The summed E-state index contributed by atoms with van der Waals surface area (Å²) in [5.41, 5.74) is 1.83. The monoisotopic (exact) mass is 509 g/mol. The van der Waals surface area contributed by atoms with Crippen LogP contribution in [0.25, 0.3) is 0 Å². The number of β-amino-alcohol motifs (C(OH)–C–C–N with tert-alkyl or cyclic N) is 1. The van der Waals surface area contributed by atoms with Crippen molar-refractivity contribution in [3.63, 3.8) is 0 Å². The highest BCUT2D eigenvalue weighted by molar-refractivity contribution is 5.99. The zero-order chi connectivity index (χ0) is 25.5. The van der Waals surface area contributed by atoms with Gasteiger partial charge in [-0.2, -0.15) is 0 Å². The Morgan fingerprint density at radius 3 is 2.32 bits per heavy atom. The molecule has 0 spiro atoms. The van der Waals surface area contributed by atoms with Crippen molar-refractivity contribution in [2.24, 2.45) is 5.92 Å². The first-order valence-electron chi connectivity index (χ1n) is 14.3. The summed E-state index contributed by atoms with van der Waals surface area (Å²) in [5.74, 6) is -0.157. The minimum absolute atomic E-state index is 0.0326. The molecule has 8 heteroatoms. The number of fused-ring (bicyclic) bond motifs is 1. The number of ether oxygens (including phenoxy) is 1. The molecule has 3 aliphatic heterocycles. The minimum Gasteiger partial charge on any atom is -0.388 e. The molecule has 0 bridgehead atoms. The largest absolute Gasteiger partial charge is 0.388 e. The van der Waals surface area contributed by atoms with E-state index in [0.717, 1.165) is 57.7 Å². The highest BCUT2D eigenvalue weighted by atomic mass is 16.5. The maximum absolute atomic E-state index is 13.7. The van der Waals surface area contributed by atoms with E-state index < -0.39 is 24.3 Å². The molecule has 4 atom stereocenters. The van der Waals surface area contributed by atoms with E-state index in [9.17, 15) is 19.5 Å². The Morgan fingerprint density at radius 1 is 0.973 bits per heavy atom. The van der Waals surface area contributed by atoms with Crippen molar-refractivity contribution in [1.82, 2.24) is 15.1 Å². The summed E-state index contributed by atoms with van der Waals surface area (Å²) in [7, 11) is 0. The maximum atomic E-state index is 13.7. The molecule has 6 rings (SSSR count). The van der Waals surface area contributed by atoms with E-state index in [0.29, 0.717) is 11.5 Å². The molecule has 3 heterocycles. The number of rotatable bonds is 6. The first-order valence-corrected chi connectivity index (χ1v) is 14.3. The SMILES string of the molecule is O=C(N[C@H](C(=O)N1C[C@H](O)[C@H]2OCC(=O)[C@H]21)C1CCCC1)c1ccc(C2CCN(C3CCC3)CC2)cc1. The van der Waals surface area contributed by atoms with Crippen LogP contribution in [-0.2, 0) is 14.3 Å². The van der Waals surface area contributed by atoms with E-state index in [2.05, 4.69) is 22.3 Å². The van der Waals surface area contributed by atoms with Gasteiger partial charge in [-0.1, -0.05) is 31.4 Å². The predicted octanol–water partition coefficient (Wildman–Crippen LogP) is 2.25. The lowest BCUT2D eigenvalue weighted by Crippen LogP contribution is -2.54. The van der Waals surface area contributed by atoms with Gasteiger partial charge in [0.15, 0.2) is 5.78 Å². The van der Waals surface area contributed by atoms with Crippen LogP contribution in [0, 0.1) is 5.92 Å². The van der Waals surface area contributed by atoms with Crippen LogP contribution >= 0.6 is 0 Å². The fourth-order valence-corrected chi connectivity index (χ4v) is 7.19. The van der Waals surface area contributed by atoms with E-state index in [-0.39, 0.29) is 36.7 Å². The lowest BCUT2D eigenvalue weighted by molar-refractivity contribution is -0.139. The number of benzene rings is 1.